The molecule has 6 nitrogen and oxygen atoms in total. The summed E-state index contributed by atoms with van der Waals surface area (Å²) in [5.41, 5.74) is 2.62. The van der Waals surface area contributed by atoms with Crippen molar-refractivity contribution >= 4 is 17.8 Å². The number of rotatable bonds is 6. The van der Waals surface area contributed by atoms with Crippen LogP contribution in [0.3, 0.4) is 0 Å². The van der Waals surface area contributed by atoms with Crippen LogP contribution in [0.2, 0.25) is 0 Å². The summed E-state index contributed by atoms with van der Waals surface area (Å²) in [6.45, 7) is 0.723. The van der Waals surface area contributed by atoms with Gasteiger partial charge in [0.05, 0.1) is 11.6 Å². The van der Waals surface area contributed by atoms with E-state index in [1.807, 2.05) is 18.3 Å². The topological polar surface area (TPSA) is 83.6 Å². The molecule has 6 heteroatoms. The Hall–Kier alpha value is -3.72. The minimum atomic E-state index is -0.256. The van der Waals surface area contributed by atoms with E-state index in [0.29, 0.717) is 11.4 Å². The van der Waals surface area contributed by atoms with E-state index in [4.69, 9.17) is 5.26 Å². The van der Waals surface area contributed by atoms with E-state index in [0.717, 1.165) is 18.5 Å². The third-order valence-corrected chi connectivity index (χ3v) is 3.74. The van der Waals surface area contributed by atoms with E-state index in [1.165, 1.54) is 11.6 Å². The summed E-state index contributed by atoms with van der Waals surface area (Å²) in [6.07, 6.45) is 9.35. The van der Waals surface area contributed by atoms with Gasteiger partial charge in [-0.3, -0.25) is 14.5 Å². The summed E-state index contributed by atoms with van der Waals surface area (Å²) in [5.74, 6) is 0.253. The molecule has 128 valence electrons. The molecule has 0 atom stereocenters. The molecular formula is C20H17N5O. The Balaban J connectivity index is 1.52. The van der Waals surface area contributed by atoms with Gasteiger partial charge in [0.15, 0.2) is 5.82 Å². The number of aromatic nitrogens is 3. The van der Waals surface area contributed by atoms with Crippen LogP contribution in [-0.2, 0) is 17.8 Å². The van der Waals surface area contributed by atoms with E-state index < -0.39 is 0 Å². The number of nitrogens with one attached hydrogen (secondary N) is 1. The van der Waals surface area contributed by atoms with Gasteiger partial charge in [0.25, 0.3) is 0 Å². The predicted molar refractivity (Wildman–Crippen MR) is 99.0 cm³/mol. The molecule has 0 aliphatic rings. The van der Waals surface area contributed by atoms with Crippen LogP contribution < -0.4 is 5.32 Å². The number of hydrogen-bond donors (Lipinski definition) is 1. The molecule has 1 N–H and O–H groups in total. The van der Waals surface area contributed by atoms with Crippen molar-refractivity contribution in [3.05, 3.63) is 83.8 Å². The summed E-state index contributed by atoms with van der Waals surface area (Å²) < 4.78 is 1.79. The van der Waals surface area contributed by atoms with Crippen molar-refractivity contribution in [3.63, 3.8) is 0 Å². The van der Waals surface area contributed by atoms with Gasteiger partial charge in [-0.2, -0.15) is 10.4 Å². The molecule has 0 aliphatic carbocycles. The molecule has 0 fully saturated rings. The Morgan fingerprint density at radius 1 is 1.15 bits per heavy atom. The van der Waals surface area contributed by atoms with Crippen LogP contribution in [-0.4, -0.2) is 20.7 Å². The number of carbonyl (C=O) groups is 1. The van der Waals surface area contributed by atoms with E-state index >= 15 is 0 Å². The minimum Gasteiger partial charge on any atom is -0.306 e. The van der Waals surface area contributed by atoms with Crippen LogP contribution in [0.4, 0.5) is 5.82 Å². The summed E-state index contributed by atoms with van der Waals surface area (Å²) in [5, 5.41) is 15.8. The third-order valence-electron chi connectivity index (χ3n) is 3.74. The van der Waals surface area contributed by atoms with Gasteiger partial charge < -0.3 is 5.32 Å². The van der Waals surface area contributed by atoms with Crippen LogP contribution in [0.5, 0.6) is 0 Å². The molecule has 0 radical (unpaired) electrons. The highest BCUT2D eigenvalue weighted by molar-refractivity contribution is 6.01. The number of pyridine rings is 1. The second-order valence-corrected chi connectivity index (χ2v) is 5.63. The quantitative estimate of drug-likeness (QED) is 0.697. The third kappa shape index (κ3) is 4.89. The molecule has 0 aliphatic heterocycles. The monoisotopic (exact) mass is 343 g/mol. The maximum atomic E-state index is 12.0. The van der Waals surface area contributed by atoms with Crippen molar-refractivity contribution < 1.29 is 4.79 Å². The highest BCUT2D eigenvalue weighted by Gasteiger charge is 2.02. The molecule has 2 heterocycles. The first-order valence-corrected chi connectivity index (χ1v) is 8.14. The van der Waals surface area contributed by atoms with Gasteiger partial charge in [-0.25, -0.2) is 0 Å². The summed E-state index contributed by atoms with van der Waals surface area (Å²) in [6, 6.07) is 14.8. The van der Waals surface area contributed by atoms with Crippen LogP contribution in [0.15, 0.2) is 67.1 Å². The Kier molecular flexibility index (Phi) is 5.53. The number of anilines is 1. The molecule has 3 aromatic rings. The lowest BCUT2D eigenvalue weighted by Gasteiger charge is -2.02. The summed E-state index contributed by atoms with van der Waals surface area (Å²) in [4.78, 5) is 16.0. The van der Waals surface area contributed by atoms with Crippen LogP contribution in [0.25, 0.3) is 6.08 Å². The summed E-state index contributed by atoms with van der Waals surface area (Å²) in [7, 11) is 0. The van der Waals surface area contributed by atoms with Crippen molar-refractivity contribution in [2.45, 2.75) is 13.0 Å². The van der Waals surface area contributed by atoms with Gasteiger partial charge in [0, 0.05) is 37.3 Å². The molecule has 1 amide bonds. The van der Waals surface area contributed by atoms with Gasteiger partial charge in [-0.05, 0) is 47.9 Å². The smallest absolute Gasteiger partial charge is 0.249 e. The van der Waals surface area contributed by atoms with Gasteiger partial charge >= 0.3 is 0 Å². The molecule has 0 saturated heterocycles. The molecule has 0 saturated carbocycles. The lowest BCUT2D eigenvalue weighted by molar-refractivity contribution is -0.111. The molecule has 0 spiro atoms. The predicted octanol–water partition coefficient (Wildman–Crippen LogP) is 3.04. The van der Waals surface area contributed by atoms with E-state index in [1.54, 1.807) is 53.5 Å². The second kappa shape index (κ2) is 8.40. The van der Waals surface area contributed by atoms with Crippen molar-refractivity contribution in [3.8, 4) is 6.07 Å². The van der Waals surface area contributed by atoms with Crippen LogP contribution >= 0.6 is 0 Å². The molecule has 3 rings (SSSR count). The molecule has 26 heavy (non-hydrogen) atoms. The number of hydrogen-bond acceptors (Lipinski definition) is 4. The van der Waals surface area contributed by atoms with Gasteiger partial charge in [0.2, 0.25) is 5.91 Å². The zero-order valence-electron chi connectivity index (χ0n) is 14.0. The van der Waals surface area contributed by atoms with Gasteiger partial charge in [-0.15, -0.1) is 0 Å². The van der Waals surface area contributed by atoms with Crippen molar-refractivity contribution in [1.29, 1.82) is 5.26 Å². The van der Waals surface area contributed by atoms with Crippen LogP contribution in [0.1, 0.15) is 16.7 Å². The largest absolute Gasteiger partial charge is 0.306 e. The van der Waals surface area contributed by atoms with Crippen molar-refractivity contribution in [2.75, 3.05) is 5.32 Å². The maximum absolute atomic E-state index is 12.0. The zero-order chi connectivity index (χ0) is 18.2. The highest BCUT2D eigenvalue weighted by atomic mass is 16.1. The first-order valence-electron chi connectivity index (χ1n) is 8.14. The molecule has 0 unspecified atom stereocenters. The fraction of sp³-hybridized carbons (Fsp3) is 0.100. The number of nitrogens with zero attached hydrogens (tertiary/aromatic N) is 4. The van der Waals surface area contributed by atoms with Crippen molar-refractivity contribution in [2.24, 2.45) is 0 Å². The standard InChI is InChI=1S/C20H17N5O/c21-15-18-3-1-16(2-4-18)5-6-20(26)23-19-10-14-25(24-19)13-9-17-7-11-22-12-8-17/h1-8,10-12,14H,9,13H2,(H,23,24,26)/b6-5-. The maximum Gasteiger partial charge on any atom is 0.249 e. The Morgan fingerprint density at radius 2 is 1.92 bits per heavy atom. The van der Waals surface area contributed by atoms with E-state index in [-0.39, 0.29) is 5.91 Å². The van der Waals surface area contributed by atoms with Crippen LogP contribution in [0, 0.1) is 11.3 Å². The zero-order valence-corrected chi connectivity index (χ0v) is 14.0. The molecule has 2 aromatic heterocycles. The number of amides is 1. The van der Waals surface area contributed by atoms with Crippen molar-refractivity contribution in [1.82, 2.24) is 14.8 Å². The van der Waals surface area contributed by atoms with Gasteiger partial charge in [0.1, 0.15) is 0 Å². The lowest BCUT2D eigenvalue weighted by atomic mass is 10.1. The molecule has 1 aromatic carbocycles. The van der Waals surface area contributed by atoms with E-state index in [9.17, 15) is 4.79 Å². The number of carbonyl (C=O) groups excluding carboxylic acids is 1. The normalized spacial score (nSPS) is 10.6. The SMILES string of the molecule is N#Cc1ccc(/C=C\C(=O)Nc2ccn(CCc3ccncc3)n2)cc1. The van der Waals surface area contributed by atoms with Gasteiger partial charge in [-0.1, -0.05) is 12.1 Å². The molecular weight excluding hydrogens is 326 g/mol. The fourth-order valence-corrected chi connectivity index (χ4v) is 2.35. The summed E-state index contributed by atoms with van der Waals surface area (Å²) >= 11 is 0. The average Bonchev–Trinajstić information content (AvgIpc) is 3.13. The highest BCUT2D eigenvalue weighted by Crippen LogP contribution is 2.07. The first-order chi connectivity index (χ1) is 12.7. The fourth-order valence-electron chi connectivity index (χ4n) is 2.35. The number of nitriles is 1. The Labute approximate surface area is 151 Å². The average molecular weight is 343 g/mol. The lowest BCUT2D eigenvalue weighted by Crippen LogP contribution is -2.09. The number of benzene rings is 1. The first kappa shape index (κ1) is 17.1. The minimum absolute atomic E-state index is 0.256. The number of aryl methyl sites for hydroxylation is 2. The van der Waals surface area contributed by atoms with E-state index in [2.05, 4.69) is 21.5 Å². The Morgan fingerprint density at radius 3 is 2.65 bits per heavy atom. The Bertz CT molecular complexity index is 936. The second-order valence-electron chi connectivity index (χ2n) is 5.63. The molecule has 0 bridgehead atoms.